The summed E-state index contributed by atoms with van der Waals surface area (Å²) in [6.45, 7) is 9.69. The molecule has 0 spiro atoms. The molecule has 1 aliphatic carbocycles. The van der Waals surface area contributed by atoms with E-state index in [4.69, 9.17) is 5.73 Å². The van der Waals surface area contributed by atoms with Gasteiger partial charge in [-0.2, -0.15) is 0 Å². The van der Waals surface area contributed by atoms with Crippen LogP contribution < -0.4 is 5.73 Å². The van der Waals surface area contributed by atoms with Crippen LogP contribution >= 0.6 is 0 Å². The first-order valence-corrected chi connectivity index (χ1v) is 8.01. The van der Waals surface area contributed by atoms with Crippen molar-refractivity contribution < 1.29 is 0 Å². The van der Waals surface area contributed by atoms with Crippen molar-refractivity contribution in [2.24, 2.45) is 5.41 Å². The van der Waals surface area contributed by atoms with E-state index in [1.807, 2.05) is 6.92 Å². The molecule has 1 aliphatic rings. The van der Waals surface area contributed by atoms with Crippen molar-refractivity contribution in [1.82, 2.24) is 14.5 Å². The van der Waals surface area contributed by atoms with Crippen molar-refractivity contribution in [2.45, 2.75) is 66.3 Å². The van der Waals surface area contributed by atoms with Gasteiger partial charge in [0, 0.05) is 12.2 Å². The molecule has 0 amide bonds. The van der Waals surface area contributed by atoms with Gasteiger partial charge in [0.1, 0.15) is 17.3 Å². The predicted molar refractivity (Wildman–Crippen MR) is 87.3 cm³/mol. The fourth-order valence-corrected chi connectivity index (χ4v) is 3.81. The Morgan fingerprint density at radius 1 is 1.10 bits per heavy atom. The van der Waals surface area contributed by atoms with Gasteiger partial charge in [0.05, 0.1) is 5.39 Å². The summed E-state index contributed by atoms with van der Waals surface area (Å²) in [6.07, 6.45) is 6.71. The molecule has 0 unspecified atom stereocenters. The van der Waals surface area contributed by atoms with Crippen molar-refractivity contribution in [2.75, 3.05) is 5.73 Å². The molecule has 0 bridgehead atoms. The van der Waals surface area contributed by atoms with Crippen molar-refractivity contribution in [3.8, 4) is 0 Å². The molecule has 2 aromatic rings. The Hall–Kier alpha value is -1.58. The van der Waals surface area contributed by atoms with Gasteiger partial charge < -0.3 is 10.3 Å². The summed E-state index contributed by atoms with van der Waals surface area (Å²) >= 11 is 0. The summed E-state index contributed by atoms with van der Waals surface area (Å²) in [5, 5.41) is 1.04. The Labute approximate surface area is 126 Å². The molecular formula is C17H26N4. The van der Waals surface area contributed by atoms with Crippen molar-refractivity contribution in [3.05, 3.63) is 17.1 Å². The Bertz CT molecular complexity index is 678. The molecule has 21 heavy (non-hydrogen) atoms. The molecule has 2 aromatic heterocycles. The third kappa shape index (κ3) is 2.41. The fraction of sp³-hybridized carbons (Fsp3) is 0.647. The lowest BCUT2D eigenvalue weighted by atomic mass is 9.75. The maximum Gasteiger partial charge on any atom is 0.146 e. The number of nitrogens with two attached hydrogens (primary N) is 1. The Morgan fingerprint density at radius 2 is 1.76 bits per heavy atom. The molecule has 4 nitrogen and oxygen atoms in total. The zero-order valence-electron chi connectivity index (χ0n) is 13.7. The van der Waals surface area contributed by atoms with Gasteiger partial charge in [-0.1, -0.05) is 26.2 Å². The molecule has 3 rings (SSSR count). The predicted octanol–water partition coefficient (Wildman–Crippen LogP) is 3.91. The number of nitrogen functional groups attached to an aromatic ring is 1. The van der Waals surface area contributed by atoms with E-state index >= 15 is 0 Å². The third-order valence-corrected chi connectivity index (χ3v) is 5.21. The van der Waals surface area contributed by atoms with Gasteiger partial charge in [0.15, 0.2) is 0 Å². The number of aromatic nitrogens is 3. The van der Waals surface area contributed by atoms with E-state index in [2.05, 4.69) is 35.3 Å². The van der Waals surface area contributed by atoms with Crippen LogP contribution in [0.15, 0.2) is 0 Å². The topological polar surface area (TPSA) is 56.7 Å². The van der Waals surface area contributed by atoms with Gasteiger partial charge in [-0.15, -0.1) is 0 Å². The third-order valence-electron chi connectivity index (χ3n) is 5.21. The molecule has 0 aliphatic heterocycles. The largest absolute Gasteiger partial charge is 0.383 e. The summed E-state index contributed by atoms with van der Waals surface area (Å²) < 4.78 is 2.38. The van der Waals surface area contributed by atoms with Gasteiger partial charge >= 0.3 is 0 Å². The van der Waals surface area contributed by atoms with E-state index in [0.29, 0.717) is 11.2 Å². The Kier molecular flexibility index (Phi) is 3.42. The average Bonchev–Trinajstić information content (AvgIpc) is 2.64. The highest BCUT2D eigenvalue weighted by molar-refractivity contribution is 5.91. The maximum atomic E-state index is 6.14. The maximum absolute atomic E-state index is 6.14. The van der Waals surface area contributed by atoms with Crippen LogP contribution in [0.2, 0.25) is 0 Å². The second kappa shape index (κ2) is 5.00. The zero-order valence-corrected chi connectivity index (χ0v) is 13.7. The number of rotatable bonds is 2. The van der Waals surface area contributed by atoms with E-state index in [9.17, 15) is 0 Å². The first-order valence-electron chi connectivity index (χ1n) is 8.01. The van der Waals surface area contributed by atoms with Crippen LogP contribution in [0.5, 0.6) is 0 Å². The van der Waals surface area contributed by atoms with E-state index in [1.54, 1.807) is 0 Å². The molecule has 0 atom stereocenters. The van der Waals surface area contributed by atoms with Gasteiger partial charge in [0.2, 0.25) is 0 Å². The van der Waals surface area contributed by atoms with Crippen molar-refractivity contribution in [3.63, 3.8) is 0 Å². The van der Waals surface area contributed by atoms with Gasteiger partial charge in [-0.05, 0) is 44.6 Å². The standard InChI is InChI=1S/C17H26N4/c1-11-12(2)21(10-17(4)8-6-5-7-9-17)16-14(11)15(18)19-13(3)20-16/h5-10H2,1-4H3,(H2,18,19,20). The lowest BCUT2D eigenvalue weighted by Gasteiger charge is -2.34. The molecule has 114 valence electrons. The number of anilines is 1. The molecule has 0 radical (unpaired) electrons. The fourth-order valence-electron chi connectivity index (χ4n) is 3.81. The SMILES string of the molecule is Cc1nc(N)c2c(C)c(C)n(CC3(C)CCCCC3)c2n1. The average molecular weight is 286 g/mol. The van der Waals surface area contributed by atoms with E-state index < -0.39 is 0 Å². The molecule has 0 saturated heterocycles. The number of aryl methyl sites for hydroxylation is 2. The van der Waals surface area contributed by atoms with Crippen LogP contribution in [0.1, 0.15) is 56.1 Å². The minimum Gasteiger partial charge on any atom is -0.383 e. The van der Waals surface area contributed by atoms with Crippen LogP contribution in [0.4, 0.5) is 5.82 Å². The summed E-state index contributed by atoms with van der Waals surface area (Å²) in [5.74, 6) is 1.37. The molecule has 2 N–H and O–H groups in total. The summed E-state index contributed by atoms with van der Waals surface area (Å²) in [4.78, 5) is 9.02. The monoisotopic (exact) mass is 286 g/mol. The lowest BCUT2D eigenvalue weighted by Crippen LogP contribution is -2.26. The van der Waals surface area contributed by atoms with Gasteiger partial charge in [0.25, 0.3) is 0 Å². The Balaban J connectivity index is 2.11. The van der Waals surface area contributed by atoms with E-state index in [-0.39, 0.29) is 0 Å². The van der Waals surface area contributed by atoms with Crippen LogP contribution in [-0.4, -0.2) is 14.5 Å². The van der Waals surface area contributed by atoms with Crippen LogP contribution in [0.25, 0.3) is 11.0 Å². The summed E-state index contributed by atoms with van der Waals surface area (Å²) in [5.41, 5.74) is 10.0. The second-order valence-corrected chi connectivity index (χ2v) is 7.02. The number of hydrogen-bond acceptors (Lipinski definition) is 3. The number of fused-ring (bicyclic) bond motifs is 1. The normalized spacial score (nSPS) is 18.3. The van der Waals surface area contributed by atoms with Crippen LogP contribution in [0, 0.1) is 26.2 Å². The summed E-state index contributed by atoms with van der Waals surface area (Å²) in [6, 6.07) is 0. The minimum absolute atomic E-state index is 0.384. The van der Waals surface area contributed by atoms with Crippen LogP contribution in [0.3, 0.4) is 0 Å². The Morgan fingerprint density at radius 3 is 2.43 bits per heavy atom. The molecule has 0 aromatic carbocycles. The zero-order chi connectivity index (χ0) is 15.2. The molecule has 1 fully saturated rings. The quantitative estimate of drug-likeness (QED) is 0.910. The first kappa shape index (κ1) is 14.4. The van der Waals surface area contributed by atoms with E-state index in [0.717, 1.165) is 23.4 Å². The number of hydrogen-bond donors (Lipinski definition) is 1. The smallest absolute Gasteiger partial charge is 0.146 e. The highest BCUT2D eigenvalue weighted by atomic mass is 15.1. The van der Waals surface area contributed by atoms with E-state index in [1.165, 1.54) is 43.4 Å². The molecular weight excluding hydrogens is 260 g/mol. The van der Waals surface area contributed by atoms with Gasteiger partial charge in [-0.3, -0.25) is 0 Å². The molecule has 4 heteroatoms. The summed E-state index contributed by atoms with van der Waals surface area (Å²) in [7, 11) is 0. The van der Waals surface area contributed by atoms with Crippen molar-refractivity contribution >= 4 is 16.9 Å². The number of nitrogens with zero attached hydrogens (tertiary/aromatic N) is 3. The second-order valence-electron chi connectivity index (χ2n) is 7.02. The lowest BCUT2D eigenvalue weighted by molar-refractivity contribution is 0.184. The highest BCUT2D eigenvalue weighted by Gasteiger charge is 2.29. The highest BCUT2D eigenvalue weighted by Crippen LogP contribution is 2.39. The molecule has 2 heterocycles. The molecule has 1 saturated carbocycles. The van der Waals surface area contributed by atoms with Crippen molar-refractivity contribution in [1.29, 1.82) is 0 Å². The van der Waals surface area contributed by atoms with Crippen LogP contribution in [-0.2, 0) is 6.54 Å². The first-order chi connectivity index (χ1) is 9.91. The van der Waals surface area contributed by atoms with Gasteiger partial charge in [-0.25, -0.2) is 9.97 Å². The minimum atomic E-state index is 0.384.